The summed E-state index contributed by atoms with van der Waals surface area (Å²) < 4.78 is 0. The molecule has 0 radical (unpaired) electrons. The van der Waals surface area contributed by atoms with Crippen molar-refractivity contribution in [3.63, 3.8) is 0 Å². The Bertz CT molecular complexity index is 590. The van der Waals surface area contributed by atoms with Crippen molar-refractivity contribution in [1.82, 2.24) is 15.5 Å². The van der Waals surface area contributed by atoms with Crippen molar-refractivity contribution in [1.29, 1.82) is 0 Å². The van der Waals surface area contributed by atoms with E-state index in [0.29, 0.717) is 6.54 Å². The third-order valence-corrected chi connectivity index (χ3v) is 2.46. The van der Waals surface area contributed by atoms with Gasteiger partial charge in [0.05, 0.1) is 11.9 Å². The molecule has 0 aliphatic carbocycles. The van der Waals surface area contributed by atoms with Gasteiger partial charge in [-0.05, 0) is 18.4 Å². The molecule has 0 spiro atoms. The van der Waals surface area contributed by atoms with Crippen LogP contribution < -0.4 is 5.32 Å². The Balaban J connectivity index is 2.13. The smallest absolute Gasteiger partial charge is 0.296 e. The number of amides is 1. The summed E-state index contributed by atoms with van der Waals surface area (Å²) in [6, 6.07) is 9.86. The number of benzene rings is 1. The zero-order valence-electron chi connectivity index (χ0n) is 10.0. The van der Waals surface area contributed by atoms with Gasteiger partial charge in [0, 0.05) is 12.1 Å². The average molecular weight is 239 g/mol. The molecule has 1 aromatic heterocycles. The molecule has 2 rings (SSSR count). The van der Waals surface area contributed by atoms with E-state index in [2.05, 4.69) is 27.4 Å². The van der Waals surface area contributed by atoms with E-state index in [0.717, 1.165) is 16.8 Å². The van der Waals surface area contributed by atoms with Gasteiger partial charge in [-0.15, -0.1) is 0 Å². The molecule has 0 aliphatic rings. The number of rotatable bonds is 3. The molecule has 0 fully saturated rings. The molecule has 4 heteroatoms. The van der Waals surface area contributed by atoms with E-state index < -0.39 is 0 Å². The molecule has 18 heavy (non-hydrogen) atoms. The van der Waals surface area contributed by atoms with Crippen LogP contribution in [0.25, 0.3) is 11.3 Å². The summed E-state index contributed by atoms with van der Waals surface area (Å²) in [4.78, 5) is 11.3. The van der Waals surface area contributed by atoms with Crippen molar-refractivity contribution < 1.29 is 4.79 Å². The van der Waals surface area contributed by atoms with Crippen molar-refractivity contribution in [2.24, 2.45) is 0 Å². The molecule has 0 unspecified atom stereocenters. The van der Waals surface area contributed by atoms with Gasteiger partial charge in [-0.2, -0.15) is 5.10 Å². The van der Waals surface area contributed by atoms with Gasteiger partial charge in [0.1, 0.15) is 0 Å². The number of nitrogens with zero attached hydrogens (tertiary/aromatic N) is 1. The predicted molar refractivity (Wildman–Crippen MR) is 69.3 cm³/mol. The van der Waals surface area contributed by atoms with Crippen LogP contribution >= 0.6 is 0 Å². The first-order valence-corrected chi connectivity index (χ1v) is 5.59. The lowest BCUT2D eigenvalue weighted by atomic mass is 10.1. The third kappa shape index (κ3) is 2.77. The molecule has 4 nitrogen and oxygen atoms in total. The standard InChI is InChI=1S/C14H13N3O/c1-2-6-13(18)15-9-12-10-16-17-14(12)11-7-4-3-5-8-11/h3-5,7-8,10H,9H2,1H3,(H,15,18)(H,16,17). The van der Waals surface area contributed by atoms with Crippen LogP contribution in [0.5, 0.6) is 0 Å². The maximum absolute atomic E-state index is 11.3. The highest BCUT2D eigenvalue weighted by molar-refractivity contribution is 5.93. The first-order chi connectivity index (χ1) is 8.81. The Kier molecular flexibility index (Phi) is 3.77. The van der Waals surface area contributed by atoms with Crippen molar-refractivity contribution >= 4 is 5.91 Å². The number of hydrogen-bond acceptors (Lipinski definition) is 2. The molecule has 0 aliphatic heterocycles. The predicted octanol–water partition coefficient (Wildman–Crippen LogP) is 1.72. The Morgan fingerprint density at radius 3 is 2.89 bits per heavy atom. The maximum Gasteiger partial charge on any atom is 0.296 e. The number of aromatic nitrogens is 2. The Hall–Kier alpha value is -2.54. The van der Waals surface area contributed by atoms with Gasteiger partial charge >= 0.3 is 0 Å². The van der Waals surface area contributed by atoms with Gasteiger partial charge in [0.2, 0.25) is 0 Å². The summed E-state index contributed by atoms with van der Waals surface area (Å²) in [6.45, 7) is 2.04. The molecule has 0 bridgehead atoms. The lowest BCUT2D eigenvalue weighted by Crippen LogP contribution is -2.20. The van der Waals surface area contributed by atoms with Crippen LogP contribution in [0.3, 0.4) is 0 Å². The highest BCUT2D eigenvalue weighted by Gasteiger charge is 2.07. The van der Waals surface area contributed by atoms with Crippen LogP contribution in [0.4, 0.5) is 0 Å². The molecular weight excluding hydrogens is 226 g/mol. The minimum Gasteiger partial charge on any atom is -0.341 e. The van der Waals surface area contributed by atoms with Crippen molar-refractivity contribution in [2.45, 2.75) is 13.5 Å². The highest BCUT2D eigenvalue weighted by atomic mass is 16.1. The second kappa shape index (κ2) is 5.69. The van der Waals surface area contributed by atoms with Gasteiger partial charge < -0.3 is 5.32 Å². The molecule has 2 aromatic rings. The number of carbonyl (C=O) groups is 1. The largest absolute Gasteiger partial charge is 0.341 e. The van der Waals surface area contributed by atoms with Gasteiger partial charge in [-0.25, -0.2) is 0 Å². The summed E-state index contributed by atoms with van der Waals surface area (Å²) in [5.74, 6) is 4.72. The molecular formula is C14H13N3O. The van der Waals surface area contributed by atoms with Crippen LogP contribution in [0.15, 0.2) is 36.5 Å². The fourth-order valence-electron chi connectivity index (χ4n) is 1.63. The van der Waals surface area contributed by atoms with Crippen molar-refractivity contribution in [2.75, 3.05) is 0 Å². The molecule has 1 amide bonds. The minimum atomic E-state index is -0.280. The van der Waals surface area contributed by atoms with Gasteiger partial charge in [-0.1, -0.05) is 36.3 Å². The van der Waals surface area contributed by atoms with Crippen LogP contribution in [0.1, 0.15) is 12.5 Å². The normalized spacial score (nSPS) is 9.39. The summed E-state index contributed by atoms with van der Waals surface area (Å²) in [5.41, 5.74) is 2.90. The molecule has 2 N–H and O–H groups in total. The summed E-state index contributed by atoms with van der Waals surface area (Å²) in [7, 11) is 0. The Labute approximate surface area is 105 Å². The first kappa shape index (κ1) is 11.9. The van der Waals surface area contributed by atoms with Crippen LogP contribution in [-0.4, -0.2) is 16.1 Å². The Morgan fingerprint density at radius 1 is 1.39 bits per heavy atom. The lowest BCUT2D eigenvalue weighted by Gasteiger charge is -2.03. The molecule has 1 heterocycles. The molecule has 0 saturated heterocycles. The third-order valence-electron chi connectivity index (χ3n) is 2.46. The topological polar surface area (TPSA) is 57.8 Å². The SMILES string of the molecule is CC#CC(=O)NCc1cn[nH]c1-c1ccccc1. The average Bonchev–Trinajstić information content (AvgIpc) is 2.86. The lowest BCUT2D eigenvalue weighted by molar-refractivity contribution is -0.115. The van der Waals surface area contributed by atoms with E-state index in [9.17, 15) is 4.79 Å². The van der Waals surface area contributed by atoms with E-state index in [1.807, 2.05) is 30.3 Å². The van der Waals surface area contributed by atoms with E-state index in [-0.39, 0.29) is 5.91 Å². The zero-order valence-corrected chi connectivity index (χ0v) is 10.0. The Morgan fingerprint density at radius 2 is 2.17 bits per heavy atom. The van der Waals surface area contributed by atoms with Crippen molar-refractivity contribution in [3.8, 4) is 23.1 Å². The van der Waals surface area contributed by atoms with Crippen molar-refractivity contribution in [3.05, 3.63) is 42.1 Å². The summed E-state index contributed by atoms with van der Waals surface area (Å²) in [5, 5.41) is 9.67. The summed E-state index contributed by atoms with van der Waals surface area (Å²) >= 11 is 0. The first-order valence-electron chi connectivity index (χ1n) is 5.59. The maximum atomic E-state index is 11.3. The fourth-order valence-corrected chi connectivity index (χ4v) is 1.63. The van der Waals surface area contributed by atoms with E-state index in [1.54, 1.807) is 13.1 Å². The molecule has 1 aromatic carbocycles. The number of nitrogens with one attached hydrogen (secondary N) is 2. The fraction of sp³-hybridized carbons (Fsp3) is 0.143. The van der Waals surface area contributed by atoms with Gasteiger partial charge in [-0.3, -0.25) is 9.89 Å². The second-order valence-electron chi connectivity index (χ2n) is 3.69. The van der Waals surface area contributed by atoms with E-state index in [4.69, 9.17) is 0 Å². The van der Waals surface area contributed by atoms with Crippen LogP contribution in [0, 0.1) is 11.8 Å². The zero-order chi connectivity index (χ0) is 12.8. The molecule has 0 atom stereocenters. The summed E-state index contributed by atoms with van der Waals surface area (Å²) in [6.07, 6.45) is 1.71. The molecule has 0 saturated carbocycles. The number of aromatic amines is 1. The highest BCUT2D eigenvalue weighted by Crippen LogP contribution is 2.20. The van der Waals surface area contributed by atoms with Crippen LogP contribution in [0.2, 0.25) is 0 Å². The molecule has 90 valence electrons. The van der Waals surface area contributed by atoms with E-state index in [1.165, 1.54) is 0 Å². The number of hydrogen-bond donors (Lipinski definition) is 2. The minimum absolute atomic E-state index is 0.280. The van der Waals surface area contributed by atoms with E-state index >= 15 is 0 Å². The monoisotopic (exact) mass is 239 g/mol. The number of H-pyrrole nitrogens is 1. The van der Waals surface area contributed by atoms with Crippen LogP contribution in [-0.2, 0) is 11.3 Å². The second-order valence-corrected chi connectivity index (χ2v) is 3.69. The van der Waals surface area contributed by atoms with Gasteiger partial charge in [0.15, 0.2) is 0 Å². The number of carbonyl (C=O) groups excluding carboxylic acids is 1. The van der Waals surface area contributed by atoms with Gasteiger partial charge in [0.25, 0.3) is 5.91 Å². The quantitative estimate of drug-likeness (QED) is 0.801.